The lowest BCUT2D eigenvalue weighted by Gasteiger charge is -2.20. The summed E-state index contributed by atoms with van der Waals surface area (Å²) in [5.41, 5.74) is 0.879. The van der Waals surface area contributed by atoms with Gasteiger partial charge in [-0.2, -0.15) is 0 Å². The molecule has 1 N–H and O–H groups in total. The molecule has 128 valence electrons. The minimum Gasteiger partial charge on any atom is -0.481 e. The van der Waals surface area contributed by atoms with Crippen LogP contribution in [0.25, 0.3) is 6.08 Å². The third-order valence-corrected chi connectivity index (χ3v) is 2.75. The molecular weight excluding hydrogens is 296 g/mol. The fourth-order valence-corrected chi connectivity index (χ4v) is 1.62. The van der Waals surface area contributed by atoms with Crippen LogP contribution < -0.4 is 10.1 Å². The molecule has 0 unspecified atom stereocenters. The molecule has 0 aliphatic rings. The van der Waals surface area contributed by atoms with E-state index in [1.165, 1.54) is 6.08 Å². The van der Waals surface area contributed by atoms with Crippen molar-refractivity contribution in [2.45, 2.75) is 26.3 Å². The molecule has 0 radical (unpaired) electrons. The van der Waals surface area contributed by atoms with Crippen LogP contribution in [0.5, 0.6) is 5.88 Å². The Hall–Kier alpha value is -1.92. The van der Waals surface area contributed by atoms with Gasteiger partial charge in [0.25, 0.3) is 0 Å². The summed E-state index contributed by atoms with van der Waals surface area (Å²) in [6.45, 7) is 8.26. The molecule has 1 rings (SSSR count). The summed E-state index contributed by atoms with van der Waals surface area (Å²) >= 11 is 0. The summed E-state index contributed by atoms with van der Waals surface area (Å²) in [6.07, 6.45) is 4.63. The van der Waals surface area contributed by atoms with Crippen molar-refractivity contribution < 1.29 is 19.0 Å². The summed E-state index contributed by atoms with van der Waals surface area (Å²) in [5, 5.41) is 3.31. The van der Waals surface area contributed by atoms with Crippen LogP contribution in [0.1, 0.15) is 26.3 Å². The monoisotopic (exact) mass is 322 g/mol. The van der Waals surface area contributed by atoms with Crippen LogP contribution in [0.2, 0.25) is 0 Å². The van der Waals surface area contributed by atoms with E-state index >= 15 is 0 Å². The second-order valence-corrected chi connectivity index (χ2v) is 5.92. The SMILES string of the molecule is COc1ccc(/C=C/C(=O)OCCOCCNC(C)(C)C)cn1. The van der Waals surface area contributed by atoms with E-state index in [0.717, 1.165) is 12.1 Å². The molecule has 0 atom stereocenters. The highest BCUT2D eigenvalue weighted by Gasteiger charge is 2.07. The van der Waals surface area contributed by atoms with E-state index < -0.39 is 5.97 Å². The van der Waals surface area contributed by atoms with Crippen molar-refractivity contribution in [3.8, 4) is 5.88 Å². The molecule has 1 aromatic rings. The number of ether oxygens (including phenoxy) is 3. The largest absolute Gasteiger partial charge is 0.481 e. The highest BCUT2D eigenvalue weighted by Crippen LogP contribution is 2.07. The number of pyridine rings is 1. The lowest BCUT2D eigenvalue weighted by atomic mass is 10.1. The van der Waals surface area contributed by atoms with Gasteiger partial charge in [0.15, 0.2) is 0 Å². The Morgan fingerprint density at radius 1 is 1.26 bits per heavy atom. The first-order valence-electron chi connectivity index (χ1n) is 7.58. The molecule has 23 heavy (non-hydrogen) atoms. The molecule has 0 amide bonds. The van der Waals surface area contributed by atoms with Crippen LogP contribution in [-0.4, -0.2) is 50.0 Å². The van der Waals surface area contributed by atoms with Gasteiger partial charge in [0.2, 0.25) is 5.88 Å². The number of nitrogens with one attached hydrogen (secondary N) is 1. The number of carbonyl (C=O) groups is 1. The number of methoxy groups -OCH3 is 1. The standard InChI is InChI=1S/C17H26N2O4/c1-17(2,3)19-9-10-22-11-12-23-16(20)8-6-14-5-7-15(21-4)18-13-14/h5-8,13,19H,9-12H2,1-4H3/b8-6+. The summed E-state index contributed by atoms with van der Waals surface area (Å²) in [7, 11) is 1.55. The Morgan fingerprint density at radius 2 is 2.04 bits per heavy atom. The van der Waals surface area contributed by atoms with Gasteiger partial charge in [-0.1, -0.05) is 0 Å². The minimum atomic E-state index is -0.405. The smallest absolute Gasteiger partial charge is 0.330 e. The van der Waals surface area contributed by atoms with Crippen molar-refractivity contribution in [2.75, 3.05) is 33.5 Å². The van der Waals surface area contributed by atoms with Gasteiger partial charge in [0, 0.05) is 30.4 Å². The van der Waals surface area contributed by atoms with E-state index in [2.05, 4.69) is 31.1 Å². The fourth-order valence-electron chi connectivity index (χ4n) is 1.62. The fraction of sp³-hybridized carbons (Fsp3) is 0.529. The summed E-state index contributed by atoms with van der Waals surface area (Å²) < 4.78 is 15.4. The molecule has 0 saturated heterocycles. The molecule has 0 aliphatic heterocycles. The van der Waals surface area contributed by atoms with Gasteiger partial charge >= 0.3 is 5.97 Å². The molecule has 1 heterocycles. The van der Waals surface area contributed by atoms with Crippen molar-refractivity contribution >= 4 is 12.0 Å². The Bertz CT molecular complexity index is 492. The zero-order chi connectivity index (χ0) is 17.1. The molecule has 0 spiro atoms. The maximum atomic E-state index is 11.5. The van der Waals surface area contributed by atoms with Gasteiger partial charge in [0.1, 0.15) is 6.61 Å². The van der Waals surface area contributed by atoms with Crippen LogP contribution in [-0.2, 0) is 14.3 Å². The summed E-state index contributed by atoms with van der Waals surface area (Å²) in [6, 6.07) is 3.53. The van der Waals surface area contributed by atoms with Gasteiger partial charge in [0.05, 0.1) is 20.3 Å². The first kappa shape index (κ1) is 19.1. The van der Waals surface area contributed by atoms with Crippen molar-refractivity contribution in [3.63, 3.8) is 0 Å². The van der Waals surface area contributed by atoms with Crippen LogP contribution in [0, 0.1) is 0 Å². The second kappa shape index (κ2) is 9.97. The molecular formula is C17H26N2O4. The average molecular weight is 322 g/mol. The van der Waals surface area contributed by atoms with E-state index in [9.17, 15) is 4.79 Å². The number of nitrogens with zero attached hydrogens (tertiary/aromatic N) is 1. The number of hydrogen-bond acceptors (Lipinski definition) is 6. The van der Waals surface area contributed by atoms with E-state index in [1.807, 2.05) is 0 Å². The maximum absolute atomic E-state index is 11.5. The quantitative estimate of drug-likeness (QED) is 0.426. The minimum absolute atomic E-state index is 0.0803. The highest BCUT2D eigenvalue weighted by atomic mass is 16.6. The van der Waals surface area contributed by atoms with Crippen molar-refractivity contribution in [1.82, 2.24) is 10.3 Å². The summed E-state index contributed by atoms with van der Waals surface area (Å²) in [5.74, 6) is 0.125. The number of aromatic nitrogens is 1. The third-order valence-electron chi connectivity index (χ3n) is 2.75. The average Bonchev–Trinajstić information content (AvgIpc) is 2.51. The van der Waals surface area contributed by atoms with Gasteiger partial charge in [-0.05, 0) is 38.5 Å². The van der Waals surface area contributed by atoms with Crippen molar-refractivity contribution in [1.29, 1.82) is 0 Å². The predicted molar refractivity (Wildman–Crippen MR) is 89.4 cm³/mol. The molecule has 0 aromatic carbocycles. The van der Waals surface area contributed by atoms with Gasteiger partial charge in [-0.25, -0.2) is 9.78 Å². The lowest BCUT2D eigenvalue weighted by Crippen LogP contribution is -2.38. The molecule has 6 nitrogen and oxygen atoms in total. The number of carbonyl (C=O) groups excluding carboxylic acids is 1. The first-order valence-corrected chi connectivity index (χ1v) is 7.58. The zero-order valence-electron chi connectivity index (χ0n) is 14.3. The number of rotatable bonds is 9. The second-order valence-electron chi connectivity index (χ2n) is 5.92. The normalized spacial score (nSPS) is 11.7. The van der Waals surface area contributed by atoms with E-state index in [-0.39, 0.29) is 12.1 Å². The Kier molecular flexibility index (Phi) is 8.29. The van der Waals surface area contributed by atoms with Crippen LogP contribution >= 0.6 is 0 Å². The first-order chi connectivity index (χ1) is 10.9. The van der Waals surface area contributed by atoms with Crippen LogP contribution in [0.15, 0.2) is 24.4 Å². The molecule has 1 aromatic heterocycles. The number of esters is 1. The molecule has 6 heteroatoms. The zero-order valence-corrected chi connectivity index (χ0v) is 14.3. The maximum Gasteiger partial charge on any atom is 0.330 e. The van der Waals surface area contributed by atoms with E-state index in [4.69, 9.17) is 14.2 Å². The van der Waals surface area contributed by atoms with E-state index in [0.29, 0.717) is 19.1 Å². The summed E-state index contributed by atoms with van der Waals surface area (Å²) in [4.78, 5) is 15.6. The van der Waals surface area contributed by atoms with E-state index in [1.54, 1.807) is 31.5 Å². The Morgan fingerprint density at radius 3 is 2.65 bits per heavy atom. The highest BCUT2D eigenvalue weighted by molar-refractivity contribution is 5.86. The Balaban J connectivity index is 2.13. The van der Waals surface area contributed by atoms with Gasteiger partial charge in [-0.15, -0.1) is 0 Å². The molecule has 0 saturated carbocycles. The molecule has 0 fully saturated rings. The topological polar surface area (TPSA) is 69.7 Å². The van der Waals surface area contributed by atoms with Crippen LogP contribution in [0.4, 0.5) is 0 Å². The predicted octanol–water partition coefficient (Wildman–Crippen LogP) is 2.05. The van der Waals surface area contributed by atoms with Gasteiger partial charge in [-0.3, -0.25) is 0 Å². The Labute approximate surface area is 137 Å². The molecule has 0 aliphatic carbocycles. The number of hydrogen-bond donors (Lipinski definition) is 1. The lowest BCUT2D eigenvalue weighted by molar-refractivity contribution is -0.139. The van der Waals surface area contributed by atoms with Gasteiger partial charge < -0.3 is 19.5 Å². The van der Waals surface area contributed by atoms with Crippen molar-refractivity contribution in [2.24, 2.45) is 0 Å². The van der Waals surface area contributed by atoms with Crippen LogP contribution in [0.3, 0.4) is 0 Å². The third kappa shape index (κ3) is 9.65. The van der Waals surface area contributed by atoms with Crippen molar-refractivity contribution in [3.05, 3.63) is 30.0 Å². The molecule has 0 bridgehead atoms.